The molecule has 0 bridgehead atoms. The van der Waals surface area contributed by atoms with E-state index in [1.165, 1.54) is 17.8 Å². The highest BCUT2D eigenvalue weighted by molar-refractivity contribution is 7.99. The Hall–Kier alpha value is -1.46. The highest BCUT2D eigenvalue weighted by atomic mass is 32.2. The molecule has 2 rings (SSSR count). The van der Waals surface area contributed by atoms with E-state index in [1.54, 1.807) is 24.4 Å². The van der Waals surface area contributed by atoms with Gasteiger partial charge in [0.05, 0.1) is 4.90 Å². The van der Waals surface area contributed by atoms with E-state index in [1.807, 2.05) is 6.92 Å². The first-order valence-corrected chi connectivity index (χ1v) is 5.97. The first kappa shape index (κ1) is 12.0. The topological polar surface area (TPSA) is 51.8 Å². The van der Waals surface area contributed by atoms with E-state index in [0.717, 1.165) is 11.3 Å². The number of halogens is 1. The van der Waals surface area contributed by atoms with Crippen molar-refractivity contribution >= 4 is 11.8 Å². The monoisotopic (exact) mass is 249 g/mol. The zero-order chi connectivity index (χ0) is 12.3. The molecular weight excluding hydrogens is 237 g/mol. The second kappa shape index (κ2) is 5.25. The molecule has 0 aliphatic carbocycles. The van der Waals surface area contributed by atoms with Crippen LogP contribution in [-0.4, -0.2) is 9.97 Å². The van der Waals surface area contributed by atoms with Crippen molar-refractivity contribution in [2.75, 3.05) is 0 Å². The third-order valence-electron chi connectivity index (χ3n) is 2.23. The van der Waals surface area contributed by atoms with Gasteiger partial charge in [-0.3, -0.25) is 0 Å². The Morgan fingerprint density at radius 3 is 2.88 bits per heavy atom. The first-order chi connectivity index (χ1) is 8.20. The minimum atomic E-state index is -0.289. The van der Waals surface area contributed by atoms with E-state index in [2.05, 4.69) is 9.97 Å². The number of hydrogen-bond donors (Lipinski definition) is 1. The molecule has 5 heteroatoms. The maximum Gasteiger partial charge on any atom is 0.192 e. The lowest BCUT2D eigenvalue weighted by molar-refractivity contribution is 0.596. The van der Waals surface area contributed by atoms with Gasteiger partial charge in [-0.05, 0) is 36.4 Å². The van der Waals surface area contributed by atoms with E-state index in [9.17, 15) is 4.39 Å². The SMILES string of the molecule is Cc1ccnc(Sc2c(F)cccc2CN)n1. The van der Waals surface area contributed by atoms with Crippen molar-refractivity contribution in [3.05, 3.63) is 47.5 Å². The van der Waals surface area contributed by atoms with Crippen LogP contribution < -0.4 is 5.73 Å². The van der Waals surface area contributed by atoms with Gasteiger partial charge in [0.15, 0.2) is 5.16 Å². The third-order valence-corrected chi connectivity index (χ3v) is 3.28. The minimum absolute atomic E-state index is 0.289. The Kier molecular flexibility index (Phi) is 3.71. The number of benzene rings is 1. The van der Waals surface area contributed by atoms with Gasteiger partial charge in [0.25, 0.3) is 0 Å². The molecule has 0 saturated carbocycles. The van der Waals surface area contributed by atoms with Crippen LogP contribution in [0.25, 0.3) is 0 Å². The van der Waals surface area contributed by atoms with Gasteiger partial charge in [-0.15, -0.1) is 0 Å². The molecule has 0 saturated heterocycles. The summed E-state index contributed by atoms with van der Waals surface area (Å²) in [6.45, 7) is 2.17. The number of nitrogens with zero attached hydrogens (tertiary/aromatic N) is 2. The highest BCUT2D eigenvalue weighted by Crippen LogP contribution is 2.30. The summed E-state index contributed by atoms with van der Waals surface area (Å²) in [4.78, 5) is 8.83. The van der Waals surface area contributed by atoms with Crippen LogP contribution in [0.4, 0.5) is 4.39 Å². The minimum Gasteiger partial charge on any atom is -0.326 e. The lowest BCUT2D eigenvalue weighted by Crippen LogP contribution is -2.00. The average Bonchev–Trinajstić information content (AvgIpc) is 2.32. The summed E-state index contributed by atoms with van der Waals surface area (Å²) in [7, 11) is 0. The molecule has 1 heterocycles. The molecule has 1 aromatic carbocycles. The molecule has 17 heavy (non-hydrogen) atoms. The molecule has 2 aromatic rings. The van der Waals surface area contributed by atoms with Crippen molar-refractivity contribution in [3.8, 4) is 0 Å². The molecule has 0 fully saturated rings. The Bertz CT molecular complexity index is 531. The van der Waals surface area contributed by atoms with E-state index >= 15 is 0 Å². The van der Waals surface area contributed by atoms with Crippen molar-refractivity contribution in [1.82, 2.24) is 9.97 Å². The molecule has 1 aromatic heterocycles. The number of hydrogen-bond acceptors (Lipinski definition) is 4. The fourth-order valence-corrected chi connectivity index (χ4v) is 2.33. The Balaban J connectivity index is 2.35. The van der Waals surface area contributed by atoms with Crippen LogP contribution in [0.15, 0.2) is 40.5 Å². The van der Waals surface area contributed by atoms with E-state index < -0.39 is 0 Å². The van der Waals surface area contributed by atoms with Gasteiger partial charge in [-0.1, -0.05) is 12.1 Å². The average molecular weight is 249 g/mol. The molecule has 0 spiro atoms. The first-order valence-electron chi connectivity index (χ1n) is 5.15. The Morgan fingerprint density at radius 2 is 2.18 bits per heavy atom. The number of aryl methyl sites for hydroxylation is 1. The van der Waals surface area contributed by atoms with Gasteiger partial charge in [-0.25, -0.2) is 14.4 Å². The second-order valence-corrected chi connectivity index (χ2v) is 4.49. The summed E-state index contributed by atoms with van der Waals surface area (Å²) in [6.07, 6.45) is 1.66. The van der Waals surface area contributed by atoms with Crippen LogP contribution in [0.2, 0.25) is 0 Å². The molecule has 0 atom stereocenters. The molecule has 0 amide bonds. The summed E-state index contributed by atoms with van der Waals surface area (Å²) in [5.41, 5.74) is 7.20. The summed E-state index contributed by atoms with van der Waals surface area (Å²) >= 11 is 1.20. The van der Waals surface area contributed by atoms with Crippen LogP contribution >= 0.6 is 11.8 Å². The zero-order valence-electron chi connectivity index (χ0n) is 9.35. The summed E-state index contributed by atoms with van der Waals surface area (Å²) in [5.74, 6) is -0.289. The van der Waals surface area contributed by atoms with Crippen LogP contribution in [-0.2, 0) is 6.54 Å². The normalized spacial score (nSPS) is 10.5. The summed E-state index contributed by atoms with van der Waals surface area (Å²) in [6, 6.07) is 6.67. The van der Waals surface area contributed by atoms with Crippen LogP contribution in [0, 0.1) is 12.7 Å². The highest BCUT2D eigenvalue weighted by Gasteiger charge is 2.10. The van der Waals surface area contributed by atoms with Crippen LogP contribution in [0.1, 0.15) is 11.3 Å². The molecule has 0 unspecified atom stereocenters. The Labute approximate surface area is 103 Å². The molecule has 0 radical (unpaired) electrons. The fourth-order valence-electron chi connectivity index (χ4n) is 1.39. The van der Waals surface area contributed by atoms with Gasteiger partial charge in [-0.2, -0.15) is 0 Å². The molecular formula is C12H12FN3S. The van der Waals surface area contributed by atoms with Crippen molar-refractivity contribution in [1.29, 1.82) is 0 Å². The second-order valence-electron chi connectivity index (χ2n) is 3.51. The number of nitrogens with two attached hydrogens (primary N) is 1. The number of aromatic nitrogens is 2. The third kappa shape index (κ3) is 2.81. The van der Waals surface area contributed by atoms with Crippen molar-refractivity contribution in [2.45, 2.75) is 23.5 Å². The quantitative estimate of drug-likeness (QED) is 0.849. The van der Waals surface area contributed by atoms with Gasteiger partial charge >= 0.3 is 0 Å². The van der Waals surface area contributed by atoms with Gasteiger partial charge in [0, 0.05) is 18.4 Å². The van der Waals surface area contributed by atoms with Crippen LogP contribution in [0.3, 0.4) is 0 Å². The predicted octanol–water partition coefficient (Wildman–Crippen LogP) is 2.53. The molecule has 2 N–H and O–H groups in total. The van der Waals surface area contributed by atoms with E-state index in [0.29, 0.717) is 16.6 Å². The van der Waals surface area contributed by atoms with Crippen molar-refractivity contribution in [2.24, 2.45) is 5.73 Å². The fraction of sp³-hybridized carbons (Fsp3) is 0.167. The molecule has 88 valence electrons. The summed E-state index contributed by atoms with van der Waals surface area (Å²) in [5, 5.41) is 0.532. The molecule has 3 nitrogen and oxygen atoms in total. The Morgan fingerprint density at radius 1 is 1.35 bits per heavy atom. The number of rotatable bonds is 3. The lowest BCUT2D eigenvalue weighted by atomic mass is 10.2. The van der Waals surface area contributed by atoms with Gasteiger partial charge in [0.2, 0.25) is 0 Å². The largest absolute Gasteiger partial charge is 0.326 e. The van der Waals surface area contributed by atoms with Gasteiger partial charge < -0.3 is 5.73 Å². The molecule has 0 aliphatic heterocycles. The van der Waals surface area contributed by atoms with Gasteiger partial charge in [0.1, 0.15) is 5.82 Å². The standard InChI is InChI=1S/C12H12FN3S/c1-8-5-6-15-12(16-8)17-11-9(7-14)3-2-4-10(11)13/h2-6H,7,14H2,1H3. The van der Waals surface area contributed by atoms with Crippen molar-refractivity contribution in [3.63, 3.8) is 0 Å². The summed E-state index contributed by atoms with van der Waals surface area (Å²) < 4.78 is 13.7. The lowest BCUT2D eigenvalue weighted by Gasteiger charge is -2.07. The predicted molar refractivity (Wildman–Crippen MR) is 65.2 cm³/mol. The van der Waals surface area contributed by atoms with E-state index in [4.69, 9.17) is 5.73 Å². The molecule has 0 aliphatic rings. The maximum absolute atomic E-state index is 13.7. The maximum atomic E-state index is 13.7. The van der Waals surface area contributed by atoms with Crippen LogP contribution in [0.5, 0.6) is 0 Å². The van der Waals surface area contributed by atoms with E-state index in [-0.39, 0.29) is 5.82 Å². The smallest absolute Gasteiger partial charge is 0.192 e. The van der Waals surface area contributed by atoms with Crippen molar-refractivity contribution < 1.29 is 4.39 Å². The zero-order valence-corrected chi connectivity index (χ0v) is 10.2.